The summed E-state index contributed by atoms with van der Waals surface area (Å²) in [6, 6.07) is 4.79. The molecule has 0 radical (unpaired) electrons. The number of imidazole rings is 1. The number of aromatic nitrogens is 2. The molecule has 2 aromatic rings. The largest absolute Gasteiger partial charge is 0.449 e. The number of carbonyl (C=O) groups excluding carboxylic acids is 2. The predicted molar refractivity (Wildman–Crippen MR) is 103 cm³/mol. The Labute approximate surface area is 163 Å². The van der Waals surface area contributed by atoms with Crippen LogP contribution in [0.25, 0.3) is 11.0 Å². The van der Waals surface area contributed by atoms with Gasteiger partial charge in [-0.15, -0.1) is 0 Å². The minimum atomic E-state index is -3.56. The third-order valence-corrected chi connectivity index (χ3v) is 5.86. The summed E-state index contributed by atoms with van der Waals surface area (Å²) >= 11 is 0. The molecule has 11 heteroatoms. The van der Waals surface area contributed by atoms with Gasteiger partial charge in [0.1, 0.15) is 5.82 Å². The molecule has 0 aliphatic carbocycles. The zero-order valence-corrected chi connectivity index (χ0v) is 17.2. The molecule has 10 nitrogen and oxygen atoms in total. The van der Waals surface area contributed by atoms with E-state index in [1.54, 1.807) is 19.1 Å². The van der Waals surface area contributed by atoms with Gasteiger partial charge in [0.05, 0.1) is 22.5 Å². The van der Waals surface area contributed by atoms with E-state index in [-0.39, 0.29) is 17.9 Å². The second-order valence-electron chi connectivity index (χ2n) is 6.10. The van der Waals surface area contributed by atoms with Crippen LogP contribution in [-0.4, -0.2) is 55.0 Å². The first-order chi connectivity index (χ1) is 13.2. The fourth-order valence-electron chi connectivity index (χ4n) is 2.65. The summed E-state index contributed by atoms with van der Waals surface area (Å²) in [5.41, 5.74) is 5.75. The summed E-state index contributed by atoms with van der Waals surface area (Å²) in [4.78, 5) is 27.7. The van der Waals surface area contributed by atoms with Crippen LogP contribution in [0.15, 0.2) is 23.1 Å². The highest BCUT2D eigenvalue weighted by atomic mass is 32.2. The Kier molecular flexibility index (Phi) is 6.97. The van der Waals surface area contributed by atoms with E-state index in [0.29, 0.717) is 24.3 Å². The summed E-state index contributed by atoms with van der Waals surface area (Å²) in [5.74, 6) is 0.266. The molecule has 0 aliphatic heterocycles. The molecule has 154 valence electrons. The molecule has 2 N–H and O–H groups in total. The van der Waals surface area contributed by atoms with Crippen molar-refractivity contribution in [1.82, 2.24) is 24.7 Å². The minimum Gasteiger partial charge on any atom is -0.449 e. The number of aryl methyl sites for hydroxylation is 2. The number of nitrogens with one attached hydrogen (secondary N) is 2. The highest BCUT2D eigenvalue weighted by Crippen LogP contribution is 2.22. The topological polar surface area (TPSA) is 123 Å². The van der Waals surface area contributed by atoms with Crippen LogP contribution < -0.4 is 10.9 Å². The van der Waals surface area contributed by atoms with E-state index < -0.39 is 22.0 Å². The molecule has 0 bridgehead atoms. The van der Waals surface area contributed by atoms with Crippen molar-refractivity contribution in [3.8, 4) is 0 Å². The van der Waals surface area contributed by atoms with Crippen molar-refractivity contribution in [2.24, 2.45) is 0 Å². The van der Waals surface area contributed by atoms with Gasteiger partial charge in [-0.2, -0.15) is 0 Å². The van der Waals surface area contributed by atoms with E-state index in [1.807, 2.05) is 11.5 Å². The molecule has 2 amide bonds. The average Bonchev–Trinajstić information content (AvgIpc) is 3.01. The van der Waals surface area contributed by atoms with E-state index in [2.05, 4.69) is 20.6 Å². The third-order valence-electron chi connectivity index (χ3n) is 4.05. The number of benzene rings is 1. The van der Waals surface area contributed by atoms with Crippen LogP contribution in [0.4, 0.5) is 4.79 Å². The van der Waals surface area contributed by atoms with Gasteiger partial charge in [-0.25, -0.2) is 27.9 Å². The Morgan fingerprint density at radius 3 is 2.54 bits per heavy atom. The van der Waals surface area contributed by atoms with Crippen molar-refractivity contribution in [2.75, 3.05) is 20.7 Å². The fraction of sp³-hybridized carbons (Fsp3) is 0.471. The number of rotatable bonds is 7. The fourth-order valence-corrected chi connectivity index (χ4v) is 3.57. The summed E-state index contributed by atoms with van der Waals surface area (Å²) in [6.07, 6.45) is -0.306. The van der Waals surface area contributed by atoms with Crippen LogP contribution in [0.1, 0.15) is 26.1 Å². The normalized spacial score (nSPS) is 11.6. The average molecular weight is 411 g/mol. The molecule has 0 spiro atoms. The Morgan fingerprint density at radius 1 is 1.21 bits per heavy atom. The van der Waals surface area contributed by atoms with Gasteiger partial charge in [0.2, 0.25) is 15.9 Å². The molecule has 0 saturated heterocycles. The number of hydrogen-bond donors (Lipinski definition) is 2. The molecule has 0 aliphatic rings. The molecular weight excluding hydrogens is 386 g/mol. The van der Waals surface area contributed by atoms with Gasteiger partial charge in [-0.3, -0.25) is 10.2 Å². The van der Waals surface area contributed by atoms with E-state index >= 15 is 0 Å². The lowest BCUT2D eigenvalue weighted by atomic mass is 10.3. The van der Waals surface area contributed by atoms with Crippen molar-refractivity contribution >= 4 is 33.1 Å². The van der Waals surface area contributed by atoms with Crippen LogP contribution in [-0.2, 0) is 32.5 Å². The third kappa shape index (κ3) is 4.78. The Bertz CT molecular complexity index is 968. The van der Waals surface area contributed by atoms with E-state index in [4.69, 9.17) is 0 Å². The number of hydrazine groups is 1. The van der Waals surface area contributed by atoms with Gasteiger partial charge >= 0.3 is 6.09 Å². The number of sulfonamides is 1. The van der Waals surface area contributed by atoms with Gasteiger partial charge in [0.25, 0.3) is 0 Å². The second-order valence-corrected chi connectivity index (χ2v) is 8.26. The first-order valence-corrected chi connectivity index (χ1v) is 10.3. The lowest BCUT2D eigenvalue weighted by Crippen LogP contribution is -2.42. The summed E-state index contributed by atoms with van der Waals surface area (Å²) < 4.78 is 32.4. The van der Waals surface area contributed by atoms with E-state index in [9.17, 15) is 18.0 Å². The Hall–Kier alpha value is -2.66. The molecule has 1 heterocycles. The van der Waals surface area contributed by atoms with Gasteiger partial charge in [0.15, 0.2) is 0 Å². The zero-order chi connectivity index (χ0) is 20.9. The summed E-state index contributed by atoms with van der Waals surface area (Å²) in [5, 5.41) is 0. The van der Waals surface area contributed by atoms with Crippen molar-refractivity contribution in [3.05, 3.63) is 24.0 Å². The molecule has 0 saturated carbocycles. The van der Waals surface area contributed by atoms with Gasteiger partial charge in [0, 0.05) is 33.5 Å². The lowest BCUT2D eigenvalue weighted by molar-refractivity contribution is -0.121. The quantitative estimate of drug-likeness (QED) is 0.656. The molecular formula is C17H25N5O5S. The molecule has 1 aromatic carbocycles. The number of amides is 2. The van der Waals surface area contributed by atoms with Crippen LogP contribution in [0.2, 0.25) is 0 Å². The number of ether oxygens (including phenoxy) is 1. The lowest BCUT2D eigenvalue weighted by Gasteiger charge is -2.11. The van der Waals surface area contributed by atoms with Gasteiger partial charge in [-0.05, 0) is 32.0 Å². The van der Waals surface area contributed by atoms with Crippen molar-refractivity contribution in [3.63, 3.8) is 0 Å². The van der Waals surface area contributed by atoms with Crippen LogP contribution >= 0.6 is 0 Å². The van der Waals surface area contributed by atoms with Crippen molar-refractivity contribution < 1.29 is 22.7 Å². The maximum atomic E-state index is 12.3. The predicted octanol–water partition coefficient (Wildman–Crippen LogP) is 1.02. The second kappa shape index (κ2) is 9.02. The maximum absolute atomic E-state index is 12.3. The zero-order valence-electron chi connectivity index (χ0n) is 16.4. The smallest absolute Gasteiger partial charge is 0.426 e. The molecule has 28 heavy (non-hydrogen) atoms. The molecule has 0 fully saturated rings. The highest BCUT2D eigenvalue weighted by molar-refractivity contribution is 7.89. The van der Waals surface area contributed by atoms with Crippen LogP contribution in [0, 0.1) is 0 Å². The Balaban J connectivity index is 2.16. The maximum Gasteiger partial charge on any atom is 0.426 e. The number of hydrogen-bond acceptors (Lipinski definition) is 6. The SMILES string of the molecule is CCOC(=O)NNC(=O)CCc1nc2cc(S(=O)(=O)N(C)C)ccc2n1CC. The highest BCUT2D eigenvalue weighted by Gasteiger charge is 2.19. The molecule has 1 aromatic heterocycles. The molecule has 0 unspecified atom stereocenters. The number of fused-ring (bicyclic) bond motifs is 1. The van der Waals surface area contributed by atoms with Crippen LogP contribution in [0.3, 0.4) is 0 Å². The summed E-state index contributed by atoms with van der Waals surface area (Å²) in [6.45, 7) is 4.42. The minimum absolute atomic E-state index is 0.0958. The molecule has 2 rings (SSSR count). The van der Waals surface area contributed by atoms with Crippen molar-refractivity contribution in [2.45, 2.75) is 38.1 Å². The van der Waals surface area contributed by atoms with Gasteiger partial charge in [-0.1, -0.05) is 0 Å². The monoisotopic (exact) mass is 411 g/mol. The van der Waals surface area contributed by atoms with Gasteiger partial charge < -0.3 is 9.30 Å². The Morgan fingerprint density at radius 2 is 1.93 bits per heavy atom. The number of carbonyl (C=O) groups is 2. The molecule has 0 atom stereocenters. The van der Waals surface area contributed by atoms with E-state index in [1.165, 1.54) is 20.2 Å². The van der Waals surface area contributed by atoms with Crippen LogP contribution in [0.5, 0.6) is 0 Å². The first-order valence-electron chi connectivity index (χ1n) is 8.84. The van der Waals surface area contributed by atoms with Crippen molar-refractivity contribution in [1.29, 1.82) is 0 Å². The van der Waals surface area contributed by atoms with E-state index in [0.717, 1.165) is 9.82 Å². The number of nitrogens with zero attached hydrogens (tertiary/aromatic N) is 3. The first kappa shape index (κ1) is 21.6. The summed E-state index contributed by atoms with van der Waals surface area (Å²) in [7, 11) is -0.615. The standard InChI is InChI=1S/C17H25N5O5S/c1-5-22-14-8-7-12(28(25,26)21(3)4)11-13(14)18-15(22)9-10-16(23)19-20-17(24)27-6-2/h7-8,11H,5-6,9-10H2,1-4H3,(H,19,23)(H,20,24).